The van der Waals surface area contributed by atoms with Crippen molar-refractivity contribution >= 4 is 27.7 Å². The van der Waals surface area contributed by atoms with E-state index < -0.39 is 0 Å². The minimum atomic E-state index is -0.346. The lowest BCUT2D eigenvalue weighted by atomic mass is 10.3. The summed E-state index contributed by atoms with van der Waals surface area (Å²) in [6.45, 7) is 0.583. The van der Waals surface area contributed by atoms with Gasteiger partial charge in [-0.15, -0.1) is 0 Å². The molecule has 0 saturated carbocycles. The summed E-state index contributed by atoms with van der Waals surface area (Å²) in [4.78, 5) is 25.3. The first kappa shape index (κ1) is 19.8. The van der Waals surface area contributed by atoms with E-state index in [4.69, 9.17) is 9.47 Å². The van der Waals surface area contributed by atoms with Crippen LogP contribution >= 0.6 is 15.9 Å². The monoisotopic (exact) mass is 420 g/mol. The van der Waals surface area contributed by atoms with Crippen molar-refractivity contribution in [3.8, 4) is 11.5 Å². The van der Waals surface area contributed by atoms with Crippen molar-refractivity contribution in [3.63, 3.8) is 0 Å². The Balaban J connectivity index is 1.61. The molecule has 0 saturated heterocycles. The first-order chi connectivity index (χ1) is 12.5. The number of amides is 2. The Bertz CT molecular complexity index is 707. The first-order valence-electron chi connectivity index (χ1n) is 8.11. The summed E-state index contributed by atoms with van der Waals surface area (Å²) in [5, 5.41) is 2.55. The van der Waals surface area contributed by atoms with E-state index in [0.717, 1.165) is 10.2 Å². The molecule has 7 heteroatoms. The average Bonchev–Trinajstić information content (AvgIpc) is 2.66. The smallest absolute Gasteiger partial charge is 0.258 e. The van der Waals surface area contributed by atoms with Gasteiger partial charge in [0.15, 0.2) is 6.61 Å². The van der Waals surface area contributed by atoms with Gasteiger partial charge in [0.25, 0.3) is 5.91 Å². The van der Waals surface area contributed by atoms with Gasteiger partial charge in [0.2, 0.25) is 5.91 Å². The highest BCUT2D eigenvalue weighted by molar-refractivity contribution is 9.10. The molecule has 138 valence electrons. The molecule has 2 aromatic carbocycles. The number of carbonyl (C=O) groups is 2. The van der Waals surface area contributed by atoms with E-state index in [9.17, 15) is 9.59 Å². The molecule has 0 bridgehead atoms. The van der Waals surface area contributed by atoms with Gasteiger partial charge in [-0.25, -0.2) is 0 Å². The molecule has 0 fully saturated rings. The fourth-order valence-electron chi connectivity index (χ4n) is 1.98. The van der Waals surface area contributed by atoms with Crippen molar-refractivity contribution in [2.45, 2.75) is 0 Å². The maximum absolute atomic E-state index is 12.0. The quantitative estimate of drug-likeness (QED) is 0.676. The highest BCUT2D eigenvalue weighted by atomic mass is 79.9. The molecule has 0 aliphatic carbocycles. The van der Waals surface area contributed by atoms with Crippen LogP contribution in [0.4, 0.5) is 0 Å². The van der Waals surface area contributed by atoms with E-state index in [0.29, 0.717) is 18.9 Å². The molecule has 2 rings (SSSR count). The summed E-state index contributed by atoms with van der Waals surface area (Å²) in [6, 6.07) is 16.5. The molecule has 1 N–H and O–H groups in total. The zero-order valence-electron chi connectivity index (χ0n) is 14.5. The zero-order chi connectivity index (χ0) is 18.8. The highest BCUT2D eigenvalue weighted by Gasteiger charge is 2.11. The van der Waals surface area contributed by atoms with Crippen LogP contribution < -0.4 is 14.8 Å². The van der Waals surface area contributed by atoms with Crippen LogP contribution in [0.15, 0.2) is 59.1 Å². The Hall–Kier alpha value is -2.54. The third-order valence-electron chi connectivity index (χ3n) is 3.48. The second kappa shape index (κ2) is 10.5. The number of likely N-dealkylation sites (N-methyl/N-ethyl adjacent to an activating group) is 1. The number of nitrogens with zero attached hydrogens (tertiary/aromatic N) is 1. The lowest BCUT2D eigenvalue weighted by molar-refractivity contribution is -0.132. The van der Waals surface area contributed by atoms with Gasteiger partial charge in [-0.3, -0.25) is 9.59 Å². The van der Waals surface area contributed by atoms with Gasteiger partial charge in [0, 0.05) is 11.5 Å². The Kier molecular flexibility index (Phi) is 7.95. The molecule has 0 aromatic heterocycles. The molecule has 6 nitrogen and oxygen atoms in total. The van der Waals surface area contributed by atoms with Crippen molar-refractivity contribution in [1.82, 2.24) is 10.2 Å². The molecule has 2 aromatic rings. The van der Waals surface area contributed by atoms with E-state index in [1.165, 1.54) is 4.90 Å². The Labute approximate surface area is 161 Å². The number of hydrogen-bond donors (Lipinski definition) is 1. The number of carbonyl (C=O) groups excluding carboxylic acids is 2. The minimum Gasteiger partial charge on any atom is -0.492 e. The molecular formula is C19H21BrN2O4. The number of halogens is 1. The van der Waals surface area contributed by atoms with Gasteiger partial charge in [-0.2, -0.15) is 0 Å². The number of para-hydroxylation sites is 1. The van der Waals surface area contributed by atoms with Gasteiger partial charge in [-0.1, -0.05) is 34.1 Å². The predicted octanol–water partition coefficient (Wildman–Crippen LogP) is 2.48. The van der Waals surface area contributed by atoms with Crippen LogP contribution in [0, 0.1) is 0 Å². The van der Waals surface area contributed by atoms with Crippen LogP contribution in [0.1, 0.15) is 0 Å². The van der Waals surface area contributed by atoms with E-state index in [1.54, 1.807) is 19.2 Å². The molecule has 0 atom stereocenters. The van der Waals surface area contributed by atoms with E-state index in [2.05, 4.69) is 21.2 Å². The van der Waals surface area contributed by atoms with Gasteiger partial charge < -0.3 is 19.7 Å². The summed E-state index contributed by atoms with van der Waals surface area (Å²) in [5.41, 5.74) is 0. The molecule has 0 aliphatic rings. The molecule has 0 unspecified atom stereocenters. The molecule has 0 aliphatic heterocycles. The largest absolute Gasteiger partial charge is 0.492 e. The third-order valence-corrected chi connectivity index (χ3v) is 4.01. The lowest BCUT2D eigenvalue weighted by Gasteiger charge is -2.18. The number of rotatable bonds is 9. The number of nitrogens with one attached hydrogen (secondary N) is 1. The SMILES string of the molecule is CN(CCOc1ccc(Br)cc1)C(=O)CNC(=O)COc1ccccc1. The van der Waals surface area contributed by atoms with Crippen molar-refractivity contribution in [2.24, 2.45) is 0 Å². The zero-order valence-corrected chi connectivity index (χ0v) is 16.1. The van der Waals surface area contributed by atoms with Crippen LogP contribution in [0.5, 0.6) is 11.5 Å². The van der Waals surface area contributed by atoms with Crippen LogP contribution in [-0.2, 0) is 9.59 Å². The lowest BCUT2D eigenvalue weighted by Crippen LogP contribution is -2.41. The molecule has 0 spiro atoms. The summed E-state index contributed by atoms with van der Waals surface area (Å²) in [6.07, 6.45) is 0. The Morgan fingerprint density at radius 1 is 1.00 bits per heavy atom. The van der Waals surface area contributed by atoms with Crippen LogP contribution in [0.25, 0.3) is 0 Å². The summed E-state index contributed by atoms with van der Waals surface area (Å²) in [7, 11) is 1.67. The van der Waals surface area contributed by atoms with Gasteiger partial charge >= 0.3 is 0 Å². The maximum atomic E-state index is 12.0. The third kappa shape index (κ3) is 7.14. The Morgan fingerprint density at radius 2 is 1.65 bits per heavy atom. The molecule has 0 heterocycles. The van der Waals surface area contributed by atoms with Gasteiger partial charge in [0.1, 0.15) is 18.1 Å². The topological polar surface area (TPSA) is 67.9 Å². The van der Waals surface area contributed by atoms with Crippen molar-refractivity contribution < 1.29 is 19.1 Å². The van der Waals surface area contributed by atoms with Crippen LogP contribution in [0.3, 0.4) is 0 Å². The summed E-state index contributed by atoms with van der Waals surface area (Å²) in [5.74, 6) is 0.802. The summed E-state index contributed by atoms with van der Waals surface area (Å²) >= 11 is 3.36. The number of benzene rings is 2. The number of ether oxygens (including phenoxy) is 2. The van der Waals surface area contributed by atoms with E-state index in [1.807, 2.05) is 42.5 Å². The first-order valence-corrected chi connectivity index (χ1v) is 8.91. The van der Waals surface area contributed by atoms with Crippen molar-refractivity contribution in [3.05, 3.63) is 59.1 Å². The molecular weight excluding hydrogens is 400 g/mol. The van der Waals surface area contributed by atoms with E-state index >= 15 is 0 Å². The second-order valence-electron chi connectivity index (χ2n) is 5.50. The standard InChI is InChI=1S/C19H21BrN2O4/c1-22(11-12-25-17-9-7-15(20)8-10-17)19(24)13-21-18(23)14-26-16-5-3-2-4-6-16/h2-10H,11-14H2,1H3,(H,21,23). The maximum Gasteiger partial charge on any atom is 0.258 e. The summed E-state index contributed by atoms with van der Waals surface area (Å²) < 4.78 is 11.9. The van der Waals surface area contributed by atoms with Gasteiger partial charge in [0.05, 0.1) is 13.1 Å². The predicted molar refractivity (Wildman–Crippen MR) is 102 cm³/mol. The molecule has 0 radical (unpaired) electrons. The fourth-order valence-corrected chi connectivity index (χ4v) is 2.25. The van der Waals surface area contributed by atoms with Crippen molar-refractivity contribution in [1.29, 1.82) is 0 Å². The second-order valence-corrected chi connectivity index (χ2v) is 6.41. The van der Waals surface area contributed by atoms with Crippen molar-refractivity contribution in [2.75, 3.05) is 33.4 Å². The average molecular weight is 421 g/mol. The fraction of sp³-hybridized carbons (Fsp3) is 0.263. The molecule has 2 amide bonds. The number of hydrogen-bond acceptors (Lipinski definition) is 4. The highest BCUT2D eigenvalue weighted by Crippen LogP contribution is 2.15. The normalized spacial score (nSPS) is 10.1. The van der Waals surface area contributed by atoms with E-state index in [-0.39, 0.29) is 25.0 Å². The molecule has 26 heavy (non-hydrogen) atoms. The van der Waals surface area contributed by atoms with Gasteiger partial charge in [-0.05, 0) is 36.4 Å². The van der Waals surface area contributed by atoms with Crippen LogP contribution in [0.2, 0.25) is 0 Å². The Morgan fingerprint density at radius 3 is 2.35 bits per heavy atom. The van der Waals surface area contributed by atoms with Crippen LogP contribution in [-0.4, -0.2) is 50.1 Å². The minimum absolute atomic E-state index is 0.0776.